The molecule has 0 aliphatic carbocycles. The third-order valence-electron chi connectivity index (χ3n) is 4.59. The second-order valence-electron chi connectivity index (χ2n) is 5.90. The number of carbonyl (C=O) groups excluding carboxylic acids is 1. The Labute approximate surface area is 145 Å². The standard InChI is InChI=1S/C18H19N3O4/c1-3-14-16(21(23)24)17(15-6-4-5-11-19-15)20(18(14)22)12-7-9-13(25-2)10-8-12/h4-11,14,16-17H,3H2,1-2H3/t14-,16-,17+/m0/s1. The Morgan fingerprint density at radius 2 is 1.96 bits per heavy atom. The molecule has 0 radical (unpaired) electrons. The van der Waals surface area contributed by atoms with Crippen molar-refractivity contribution in [1.82, 2.24) is 4.98 Å². The summed E-state index contributed by atoms with van der Waals surface area (Å²) in [6.07, 6.45) is 1.99. The fraction of sp³-hybridized carbons (Fsp3) is 0.333. The average molecular weight is 341 g/mol. The van der Waals surface area contributed by atoms with Gasteiger partial charge in [0.25, 0.3) is 6.04 Å². The fourth-order valence-electron chi connectivity index (χ4n) is 3.40. The highest BCUT2D eigenvalue weighted by Crippen LogP contribution is 2.42. The first-order chi connectivity index (χ1) is 12.1. The van der Waals surface area contributed by atoms with Gasteiger partial charge in [-0.2, -0.15) is 0 Å². The Hall–Kier alpha value is -2.96. The van der Waals surface area contributed by atoms with Crippen LogP contribution in [0.2, 0.25) is 0 Å². The first kappa shape index (κ1) is 16.9. The second kappa shape index (κ2) is 6.88. The van der Waals surface area contributed by atoms with Crippen molar-refractivity contribution in [2.75, 3.05) is 12.0 Å². The van der Waals surface area contributed by atoms with Crippen LogP contribution in [-0.2, 0) is 4.79 Å². The largest absolute Gasteiger partial charge is 0.497 e. The van der Waals surface area contributed by atoms with Gasteiger partial charge in [0.05, 0.1) is 12.8 Å². The molecule has 2 heterocycles. The first-order valence-corrected chi connectivity index (χ1v) is 8.10. The summed E-state index contributed by atoms with van der Waals surface area (Å²) in [6, 6.07) is 10.4. The number of pyridine rings is 1. The zero-order valence-electron chi connectivity index (χ0n) is 14.0. The van der Waals surface area contributed by atoms with Crippen LogP contribution in [0, 0.1) is 16.0 Å². The predicted octanol–water partition coefficient (Wildman–Crippen LogP) is 2.85. The highest BCUT2D eigenvalue weighted by Gasteiger charge is 2.56. The van der Waals surface area contributed by atoms with Gasteiger partial charge in [-0.15, -0.1) is 0 Å². The van der Waals surface area contributed by atoms with E-state index >= 15 is 0 Å². The quantitative estimate of drug-likeness (QED) is 0.616. The van der Waals surface area contributed by atoms with E-state index in [9.17, 15) is 14.9 Å². The Morgan fingerprint density at radius 3 is 2.48 bits per heavy atom. The minimum absolute atomic E-state index is 0.245. The molecule has 1 saturated heterocycles. The smallest absolute Gasteiger partial charge is 0.250 e. The molecular formula is C18H19N3O4. The van der Waals surface area contributed by atoms with E-state index in [2.05, 4.69) is 4.98 Å². The number of hydrogen-bond donors (Lipinski definition) is 0. The Balaban J connectivity index is 2.11. The molecule has 0 bridgehead atoms. The number of nitrogens with zero attached hydrogens (tertiary/aromatic N) is 3. The van der Waals surface area contributed by atoms with Crippen LogP contribution in [0.3, 0.4) is 0 Å². The normalized spacial score (nSPS) is 22.9. The van der Waals surface area contributed by atoms with E-state index in [0.29, 0.717) is 23.6 Å². The van der Waals surface area contributed by atoms with Gasteiger partial charge in [0, 0.05) is 16.8 Å². The Kier molecular flexibility index (Phi) is 4.65. The van der Waals surface area contributed by atoms with Crippen molar-refractivity contribution in [3.05, 3.63) is 64.5 Å². The minimum Gasteiger partial charge on any atom is -0.497 e. The monoisotopic (exact) mass is 341 g/mol. The third-order valence-corrected chi connectivity index (χ3v) is 4.59. The summed E-state index contributed by atoms with van der Waals surface area (Å²) >= 11 is 0. The van der Waals surface area contributed by atoms with Crippen LogP contribution < -0.4 is 9.64 Å². The van der Waals surface area contributed by atoms with Gasteiger partial charge in [0.1, 0.15) is 17.7 Å². The van der Waals surface area contributed by atoms with E-state index < -0.39 is 18.0 Å². The first-order valence-electron chi connectivity index (χ1n) is 8.10. The van der Waals surface area contributed by atoms with Gasteiger partial charge in [0.15, 0.2) is 0 Å². The van der Waals surface area contributed by atoms with Crippen LogP contribution >= 0.6 is 0 Å². The third kappa shape index (κ3) is 2.93. The fourth-order valence-corrected chi connectivity index (χ4v) is 3.40. The van der Waals surface area contributed by atoms with E-state index in [-0.39, 0.29) is 10.8 Å². The SMILES string of the molecule is CC[C@@H]1C(=O)N(c2ccc(OC)cc2)[C@H](c2ccccn2)[C@H]1[N+](=O)[O-]. The van der Waals surface area contributed by atoms with Crippen molar-refractivity contribution in [3.8, 4) is 5.75 Å². The van der Waals surface area contributed by atoms with Crippen molar-refractivity contribution in [1.29, 1.82) is 0 Å². The number of benzene rings is 1. The molecular weight excluding hydrogens is 322 g/mol. The van der Waals surface area contributed by atoms with E-state index in [4.69, 9.17) is 4.74 Å². The van der Waals surface area contributed by atoms with Gasteiger partial charge in [-0.25, -0.2) is 0 Å². The summed E-state index contributed by atoms with van der Waals surface area (Å²) in [5.74, 6) is -0.267. The molecule has 0 saturated carbocycles. The maximum Gasteiger partial charge on any atom is 0.250 e. The van der Waals surface area contributed by atoms with E-state index in [0.717, 1.165) is 0 Å². The zero-order chi connectivity index (χ0) is 18.0. The van der Waals surface area contributed by atoms with Crippen LogP contribution in [0.4, 0.5) is 5.69 Å². The summed E-state index contributed by atoms with van der Waals surface area (Å²) in [4.78, 5) is 30.1. The Morgan fingerprint density at radius 1 is 1.24 bits per heavy atom. The molecule has 1 aliphatic heterocycles. The lowest BCUT2D eigenvalue weighted by molar-refractivity contribution is -0.530. The summed E-state index contributed by atoms with van der Waals surface area (Å²) in [7, 11) is 1.56. The molecule has 3 atom stereocenters. The molecule has 1 aliphatic rings. The molecule has 7 heteroatoms. The molecule has 1 aromatic carbocycles. The number of aromatic nitrogens is 1. The predicted molar refractivity (Wildman–Crippen MR) is 92.0 cm³/mol. The molecule has 0 unspecified atom stereocenters. The molecule has 0 spiro atoms. The molecule has 1 fully saturated rings. The van der Waals surface area contributed by atoms with Crippen molar-refractivity contribution >= 4 is 11.6 Å². The summed E-state index contributed by atoms with van der Waals surface area (Å²) in [5, 5.41) is 11.8. The highest BCUT2D eigenvalue weighted by atomic mass is 16.6. The number of ether oxygens (including phenoxy) is 1. The van der Waals surface area contributed by atoms with Gasteiger partial charge in [-0.3, -0.25) is 24.8 Å². The topological polar surface area (TPSA) is 85.6 Å². The Bertz CT molecular complexity index is 764. The van der Waals surface area contributed by atoms with Crippen LogP contribution in [0.25, 0.3) is 0 Å². The molecule has 1 amide bonds. The van der Waals surface area contributed by atoms with Crippen LogP contribution in [0.5, 0.6) is 5.75 Å². The van der Waals surface area contributed by atoms with Crippen molar-refractivity contribution in [2.24, 2.45) is 5.92 Å². The molecule has 7 nitrogen and oxygen atoms in total. The lowest BCUT2D eigenvalue weighted by Crippen LogP contribution is -2.33. The molecule has 1 aromatic heterocycles. The zero-order valence-corrected chi connectivity index (χ0v) is 14.0. The summed E-state index contributed by atoms with van der Waals surface area (Å²) in [5.41, 5.74) is 1.12. The highest BCUT2D eigenvalue weighted by molar-refractivity contribution is 5.99. The van der Waals surface area contributed by atoms with Crippen molar-refractivity contribution in [2.45, 2.75) is 25.4 Å². The number of methoxy groups -OCH3 is 1. The summed E-state index contributed by atoms with van der Waals surface area (Å²) in [6.45, 7) is 1.80. The molecule has 130 valence electrons. The van der Waals surface area contributed by atoms with Crippen LogP contribution in [-0.4, -0.2) is 29.0 Å². The maximum absolute atomic E-state index is 13.0. The van der Waals surface area contributed by atoms with E-state index in [1.165, 1.54) is 4.90 Å². The number of hydrogen-bond acceptors (Lipinski definition) is 5. The van der Waals surface area contributed by atoms with Crippen molar-refractivity contribution in [3.63, 3.8) is 0 Å². The number of carbonyl (C=O) groups is 1. The number of anilines is 1. The lowest BCUT2D eigenvalue weighted by Gasteiger charge is -2.24. The number of amides is 1. The minimum atomic E-state index is -1.03. The average Bonchev–Trinajstić information content (AvgIpc) is 2.95. The van der Waals surface area contributed by atoms with Gasteiger partial charge < -0.3 is 4.74 Å². The maximum atomic E-state index is 13.0. The van der Waals surface area contributed by atoms with Crippen molar-refractivity contribution < 1.29 is 14.5 Å². The van der Waals surface area contributed by atoms with Gasteiger partial charge in [-0.05, 0) is 42.8 Å². The lowest BCUT2D eigenvalue weighted by atomic mass is 9.94. The van der Waals surface area contributed by atoms with E-state index in [1.54, 1.807) is 62.7 Å². The second-order valence-corrected chi connectivity index (χ2v) is 5.90. The van der Waals surface area contributed by atoms with Crippen LogP contribution in [0.15, 0.2) is 48.7 Å². The van der Waals surface area contributed by atoms with Crippen LogP contribution in [0.1, 0.15) is 25.1 Å². The number of rotatable bonds is 5. The summed E-state index contributed by atoms with van der Waals surface area (Å²) < 4.78 is 5.15. The molecule has 3 rings (SSSR count). The molecule has 2 aromatic rings. The number of nitro groups is 1. The van der Waals surface area contributed by atoms with Gasteiger partial charge in [-0.1, -0.05) is 13.0 Å². The molecule has 25 heavy (non-hydrogen) atoms. The van der Waals surface area contributed by atoms with E-state index in [1.807, 2.05) is 0 Å². The van der Waals surface area contributed by atoms with Gasteiger partial charge >= 0.3 is 0 Å². The molecule has 0 N–H and O–H groups in total. The van der Waals surface area contributed by atoms with Gasteiger partial charge in [0.2, 0.25) is 5.91 Å².